The standard InChI is InChI=1S/C3H2N4S.CH4/c1-4-6-3-7(1)5-2-8-3;/h1-2H;1H4. The lowest BCUT2D eigenvalue weighted by Crippen LogP contribution is -1.75. The first-order valence-electron chi connectivity index (χ1n) is 2.06. The number of nitrogens with zero attached hydrogens (tertiary/aromatic N) is 4. The largest absolute Gasteiger partial charge is 0.234 e. The third-order valence-electron chi connectivity index (χ3n) is 0.830. The van der Waals surface area contributed by atoms with Crippen molar-refractivity contribution in [2.75, 3.05) is 0 Å². The van der Waals surface area contributed by atoms with Gasteiger partial charge in [0.15, 0.2) is 0 Å². The van der Waals surface area contributed by atoms with Gasteiger partial charge in [-0.2, -0.15) is 9.61 Å². The van der Waals surface area contributed by atoms with Crippen molar-refractivity contribution in [1.29, 1.82) is 0 Å². The van der Waals surface area contributed by atoms with Crippen LogP contribution in [0.25, 0.3) is 4.96 Å². The molecular formula is C4H6N4S. The van der Waals surface area contributed by atoms with Gasteiger partial charge in [-0.25, -0.2) is 0 Å². The summed E-state index contributed by atoms with van der Waals surface area (Å²) in [6.07, 6.45) is 1.58. The molecule has 0 unspecified atom stereocenters. The Hall–Kier alpha value is -0.970. The molecule has 0 atom stereocenters. The van der Waals surface area contributed by atoms with E-state index in [1.165, 1.54) is 11.3 Å². The number of rotatable bonds is 0. The van der Waals surface area contributed by atoms with Crippen molar-refractivity contribution in [3.63, 3.8) is 0 Å². The van der Waals surface area contributed by atoms with Crippen molar-refractivity contribution >= 4 is 16.3 Å². The van der Waals surface area contributed by atoms with E-state index in [1.54, 1.807) is 16.4 Å². The van der Waals surface area contributed by atoms with Crippen LogP contribution >= 0.6 is 11.3 Å². The molecule has 0 saturated carbocycles. The van der Waals surface area contributed by atoms with Crippen LogP contribution in [0.3, 0.4) is 0 Å². The van der Waals surface area contributed by atoms with E-state index in [9.17, 15) is 0 Å². The minimum Gasteiger partial charge on any atom is -0.191 e. The highest BCUT2D eigenvalue weighted by Crippen LogP contribution is 2.00. The van der Waals surface area contributed by atoms with Gasteiger partial charge >= 0.3 is 0 Å². The average Bonchev–Trinajstić information content (AvgIpc) is 2.15. The van der Waals surface area contributed by atoms with E-state index in [0.29, 0.717) is 0 Å². The molecule has 0 aliphatic heterocycles. The first kappa shape index (κ1) is 6.15. The van der Waals surface area contributed by atoms with Gasteiger partial charge in [0.1, 0.15) is 11.8 Å². The van der Waals surface area contributed by atoms with Crippen LogP contribution in [-0.4, -0.2) is 19.8 Å². The zero-order chi connectivity index (χ0) is 5.40. The molecule has 2 rings (SSSR count). The predicted octanol–water partition coefficient (Wildman–Crippen LogP) is 0.822. The Bertz CT molecular complexity index is 234. The minimum absolute atomic E-state index is 0. The van der Waals surface area contributed by atoms with Crippen molar-refractivity contribution in [2.45, 2.75) is 7.43 Å². The van der Waals surface area contributed by atoms with Gasteiger partial charge in [0.2, 0.25) is 4.96 Å². The second-order valence-electron chi connectivity index (χ2n) is 1.30. The van der Waals surface area contributed by atoms with Crippen LogP contribution in [0.2, 0.25) is 0 Å². The summed E-state index contributed by atoms with van der Waals surface area (Å²) in [5, 5.41) is 11.3. The summed E-state index contributed by atoms with van der Waals surface area (Å²) in [6, 6.07) is 0. The first-order chi connectivity index (χ1) is 3.97. The maximum atomic E-state index is 3.89. The van der Waals surface area contributed by atoms with Crippen LogP contribution in [-0.2, 0) is 0 Å². The van der Waals surface area contributed by atoms with Crippen molar-refractivity contribution in [1.82, 2.24) is 19.8 Å². The maximum Gasteiger partial charge on any atom is 0.234 e. The molecule has 2 aromatic heterocycles. The van der Waals surface area contributed by atoms with Gasteiger partial charge < -0.3 is 0 Å². The van der Waals surface area contributed by atoms with Gasteiger partial charge in [0.25, 0.3) is 0 Å². The molecule has 0 saturated heterocycles. The number of hydrogen-bond donors (Lipinski definition) is 0. The van der Waals surface area contributed by atoms with E-state index in [1.807, 2.05) is 0 Å². The highest BCUT2D eigenvalue weighted by atomic mass is 32.1. The summed E-state index contributed by atoms with van der Waals surface area (Å²) in [6.45, 7) is 0. The Morgan fingerprint density at radius 2 is 2.44 bits per heavy atom. The topological polar surface area (TPSA) is 43.1 Å². The second kappa shape index (κ2) is 2.10. The number of aromatic nitrogens is 4. The lowest BCUT2D eigenvalue weighted by Gasteiger charge is -1.66. The molecule has 2 aromatic rings. The summed E-state index contributed by atoms with van der Waals surface area (Å²) < 4.78 is 1.63. The molecule has 2 heterocycles. The summed E-state index contributed by atoms with van der Waals surface area (Å²) in [5.41, 5.74) is 1.73. The van der Waals surface area contributed by atoms with Gasteiger partial charge in [-0.15, -0.1) is 10.2 Å². The van der Waals surface area contributed by atoms with Gasteiger partial charge in [0.05, 0.1) is 0 Å². The fraction of sp³-hybridized carbons (Fsp3) is 0.250. The highest BCUT2D eigenvalue weighted by molar-refractivity contribution is 7.14. The molecule has 48 valence electrons. The second-order valence-corrected chi connectivity index (χ2v) is 2.11. The highest BCUT2D eigenvalue weighted by Gasteiger charge is 1.91. The molecule has 0 aromatic carbocycles. The predicted molar refractivity (Wildman–Crippen MR) is 35.4 cm³/mol. The number of hydrogen-bond acceptors (Lipinski definition) is 4. The molecule has 0 radical (unpaired) electrons. The summed E-state index contributed by atoms with van der Waals surface area (Å²) in [4.78, 5) is 0.838. The van der Waals surface area contributed by atoms with Crippen LogP contribution in [0.1, 0.15) is 7.43 Å². The minimum atomic E-state index is 0. The molecule has 5 heteroatoms. The quantitative estimate of drug-likeness (QED) is 0.547. The van der Waals surface area contributed by atoms with Crippen molar-refractivity contribution < 1.29 is 0 Å². The van der Waals surface area contributed by atoms with Gasteiger partial charge in [-0.3, -0.25) is 0 Å². The Labute approximate surface area is 56.2 Å². The van der Waals surface area contributed by atoms with Crippen LogP contribution in [0.4, 0.5) is 0 Å². The molecule has 0 N–H and O–H groups in total. The van der Waals surface area contributed by atoms with E-state index in [0.717, 1.165) is 4.96 Å². The molecule has 0 bridgehead atoms. The van der Waals surface area contributed by atoms with Crippen LogP contribution in [0, 0.1) is 0 Å². The zero-order valence-electron chi connectivity index (χ0n) is 3.85. The molecule has 0 aliphatic carbocycles. The lowest BCUT2D eigenvalue weighted by molar-refractivity contribution is 0.955. The van der Waals surface area contributed by atoms with Crippen molar-refractivity contribution in [3.8, 4) is 0 Å². The first-order valence-corrected chi connectivity index (χ1v) is 2.94. The molecule has 0 aliphatic rings. The average molecular weight is 142 g/mol. The Morgan fingerprint density at radius 1 is 1.56 bits per heavy atom. The Balaban J connectivity index is 0.000000405. The fourth-order valence-electron chi connectivity index (χ4n) is 0.498. The van der Waals surface area contributed by atoms with Gasteiger partial charge in [-0.05, 0) is 0 Å². The molecule has 9 heavy (non-hydrogen) atoms. The smallest absolute Gasteiger partial charge is 0.191 e. The van der Waals surface area contributed by atoms with E-state index in [-0.39, 0.29) is 7.43 Å². The maximum absolute atomic E-state index is 3.89. The van der Waals surface area contributed by atoms with Crippen molar-refractivity contribution in [3.05, 3.63) is 11.8 Å². The summed E-state index contributed by atoms with van der Waals surface area (Å²) in [7, 11) is 0. The fourth-order valence-corrected chi connectivity index (χ4v) is 1.04. The lowest BCUT2D eigenvalue weighted by atomic mass is 11.3. The van der Waals surface area contributed by atoms with Gasteiger partial charge in [-0.1, -0.05) is 18.8 Å². The van der Waals surface area contributed by atoms with E-state index in [4.69, 9.17) is 0 Å². The molecular weight excluding hydrogens is 136 g/mol. The van der Waals surface area contributed by atoms with E-state index < -0.39 is 0 Å². The normalized spacial score (nSPS) is 9.33. The molecule has 4 nitrogen and oxygen atoms in total. The van der Waals surface area contributed by atoms with Crippen LogP contribution in [0.15, 0.2) is 11.8 Å². The van der Waals surface area contributed by atoms with E-state index in [2.05, 4.69) is 15.3 Å². The Morgan fingerprint density at radius 3 is 3.22 bits per heavy atom. The van der Waals surface area contributed by atoms with E-state index >= 15 is 0 Å². The monoisotopic (exact) mass is 142 g/mol. The molecule has 0 fully saturated rings. The summed E-state index contributed by atoms with van der Waals surface area (Å²) >= 11 is 1.47. The Kier molecular flexibility index (Phi) is 1.44. The van der Waals surface area contributed by atoms with Gasteiger partial charge in [0, 0.05) is 0 Å². The zero-order valence-corrected chi connectivity index (χ0v) is 4.67. The SMILES string of the molecule is C.c1nn2cnnc2s1. The van der Waals surface area contributed by atoms with Crippen LogP contribution in [0.5, 0.6) is 0 Å². The molecule has 0 amide bonds. The third-order valence-corrected chi connectivity index (χ3v) is 1.51. The third kappa shape index (κ3) is 0.787. The summed E-state index contributed by atoms with van der Waals surface area (Å²) in [5.74, 6) is 0. The number of fused-ring (bicyclic) bond motifs is 1. The molecule has 0 spiro atoms. The van der Waals surface area contributed by atoms with Crippen molar-refractivity contribution in [2.24, 2.45) is 0 Å². The van der Waals surface area contributed by atoms with Crippen LogP contribution < -0.4 is 0 Å².